The van der Waals surface area contributed by atoms with Gasteiger partial charge in [-0.05, 0) is 31.5 Å². The second-order valence-corrected chi connectivity index (χ2v) is 2.88. The lowest BCUT2D eigenvalue weighted by atomic mass is 10.2. The summed E-state index contributed by atoms with van der Waals surface area (Å²) in [6, 6.07) is 0. The van der Waals surface area contributed by atoms with Gasteiger partial charge in [-0.3, -0.25) is 0 Å². The molecule has 1 rings (SSSR count). The number of thiocarbonyl (C=S) groups is 1. The van der Waals surface area contributed by atoms with Crippen LogP contribution < -0.4 is 0 Å². The normalized spacial score (nSPS) is 15.8. The molecule has 1 aliphatic rings. The van der Waals surface area contributed by atoms with Gasteiger partial charge in [0.1, 0.15) is 6.61 Å². The first kappa shape index (κ1) is 8.47. The van der Waals surface area contributed by atoms with E-state index in [0.29, 0.717) is 11.7 Å². The van der Waals surface area contributed by atoms with Crippen molar-refractivity contribution in [1.82, 2.24) is 0 Å². The number of hydrogen-bond donors (Lipinski definition) is 0. The van der Waals surface area contributed by atoms with E-state index in [0.717, 1.165) is 12.8 Å². The molecule has 0 aliphatic heterocycles. The van der Waals surface area contributed by atoms with Gasteiger partial charge in [-0.2, -0.15) is 0 Å². The molecule has 1 aliphatic carbocycles. The number of hydrogen-bond acceptors (Lipinski definition) is 2. The van der Waals surface area contributed by atoms with Gasteiger partial charge in [-0.15, -0.1) is 0 Å². The average Bonchev–Trinajstić information content (AvgIpc) is 2.52. The molecule has 0 spiro atoms. The molecule has 0 radical (unpaired) electrons. The first-order chi connectivity index (χ1) is 5.34. The third-order valence-corrected chi connectivity index (χ3v) is 2.02. The average molecular weight is 168 g/mol. The topological polar surface area (TPSA) is 9.23 Å². The van der Waals surface area contributed by atoms with Gasteiger partial charge >= 0.3 is 0 Å². The number of allylic oxidation sites excluding steroid dienone is 1. The first-order valence-corrected chi connectivity index (χ1v) is 4.22. The van der Waals surface area contributed by atoms with E-state index < -0.39 is 0 Å². The molecule has 0 saturated heterocycles. The van der Waals surface area contributed by atoms with Crippen LogP contribution in [0.25, 0.3) is 0 Å². The van der Waals surface area contributed by atoms with E-state index in [1.807, 2.05) is 0 Å². The van der Waals surface area contributed by atoms with Crippen LogP contribution in [-0.4, -0.2) is 11.7 Å². The zero-order chi connectivity index (χ0) is 8.10. The van der Waals surface area contributed by atoms with Crippen LogP contribution in [0.1, 0.15) is 19.3 Å². The molecular formula is C9H12OS. The standard InChI is InChI=1S/C9H12OS/c1-2-7-10-9(11)8-5-3-4-6-8/h2,5H,1,3-4,6-7H2. The Bertz CT molecular complexity index is 194. The van der Waals surface area contributed by atoms with Crippen molar-refractivity contribution in [1.29, 1.82) is 0 Å². The molecule has 0 aromatic heterocycles. The van der Waals surface area contributed by atoms with E-state index in [9.17, 15) is 0 Å². The van der Waals surface area contributed by atoms with E-state index in [1.165, 1.54) is 12.0 Å². The molecule has 0 unspecified atom stereocenters. The predicted octanol–water partition coefficient (Wildman–Crippen LogP) is 2.63. The van der Waals surface area contributed by atoms with Gasteiger partial charge in [-0.25, -0.2) is 0 Å². The quantitative estimate of drug-likeness (QED) is 0.473. The van der Waals surface area contributed by atoms with E-state index in [2.05, 4.69) is 12.7 Å². The first-order valence-electron chi connectivity index (χ1n) is 3.81. The molecule has 60 valence electrons. The maximum atomic E-state index is 5.22. The van der Waals surface area contributed by atoms with Crippen molar-refractivity contribution in [3.05, 3.63) is 24.3 Å². The van der Waals surface area contributed by atoms with Crippen molar-refractivity contribution in [2.75, 3.05) is 6.61 Å². The molecule has 1 nitrogen and oxygen atoms in total. The molecule has 0 aromatic carbocycles. The third kappa shape index (κ3) is 2.46. The SMILES string of the molecule is C=CCOC(=S)C1=CCCC1. The van der Waals surface area contributed by atoms with Gasteiger partial charge in [0.05, 0.1) is 0 Å². The smallest absolute Gasteiger partial charge is 0.186 e. The summed E-state index contributed by atoms with van der Waals surface area (Å²) >= 11 is 5.04. The van der Waals surface area contributed by atoms with Crippen molar-refractivity contribution in [3.63, 3.8) is 0 Å². The van der Waals surface area contributed by atoms with E-state index in [4.69, 9.17) is 17.0 Å². The van der Waals surface area contributed by atoms with Crippen LogP contribution >= 0.6 is 12.2 Å². The van der Waals surface area contributed by atoms with Crippen molar-refractivity contribution >= 4 is 17.3 Å². The maximum Gasteiger partial charge on any atom is 0.186 e. The van der Waals surface area contributed by atoms with Gasteiger partial charge < -0.3 is 4.74 Å². The molecule has 0 saturated carbocycles. The van der Waals surface area contributed by atoms with Crippen LogP contribution in [0.4, 0.5) is 0 Å². The third-order valence-electron chi connectivity index (χ3n) is 1.64. The fourth-order valence-electron chi connectivity index (χ4n) is 1.08. The van der Waals surface area contributed by atoms with Crippen LogP contribution in [0, 0.1) is 0 Å². The summed E-state index contributed by atoms with van der Waals surface area (Å²) < 4.78 is 5.22. The Kier molecular flexibility index (Phi) is 3.30. The largest absolute Gasteiger partial charge is 0.479 e. The van der Waals surface area contributed by atoms with Gasteiger partial charge in [0, 0.05) is 5.57 Å². The van der Waals surface area contributed by atoms with E-state index in [1.54, 1.807) is 6.08 Å². The van der Waals surface area contributed by atoms with Crippen LogP contribution in [0.3, 0.4) is 0 Å². The summed E-state index contributed by atoms with van der Waals surface area (Å²) in [5.41, 5.74) is 1.20. The van der Waals surface area contributed by atoms with Crippen LogP contribution in [0.5, 0.6) is 0 Å². The second-order valence-electron chi connectivity index (χ2n) is 2.51. The lowest BCUT2D eigenvalue weighted by molar-refractivity contribution is 0.360. The van der Waals surface area contributed by atoms with Crippen molar-refractivity contribution in [3.8, 4) is 0 Å². The van der Waals surface area contributed by atoms with E-state index >= 15 is 0 Å². The van der Waals surface area contributed by atoms with Gasteiger partial charge in [0.2, 0.25) is 0 Å². The summed E-state index contributed by atoms with van der Waals surface area (Å²) in [7, 11) is 0. The molecule has 0 amide bonds. The molecule has 0 heterocycles. The number of rotatable bonds is 3. The Hall–Kier alpha value is -0.630. The zero-order valence-electron chi connectivity index (χ0n) is 6.51. The highest BCUT2D eigenvalue weighted by atomic mass is 32.1. The summed E-state index contributed by atoms with van der Waals surface area (Å²) in [5.74, 6) is 0. The summed E-state index contributed by atoms with van der Waals surface area (Å²) in [6.07, 6.45) is 7.31. The van der Waals surface area contributed by atoms with Crippen LogP contribution in [0.15, 0.2) is 24.3 Å². The minimum atomic E-state index is 0.524. The predicted molar refractivity (Wildman–Crippen MR) is 50.7 cm³/mol. The zero-order valence-corrected chi connectivity index (χ0v) is 7.32. The minimum absolute atomic E-state index is 0.524. The van der Waals surface area contributed by atoms with Crippen molar-refractivity contribution in [2.45, 2.75) is 19.3 Å². The molecule has 0 aromatic rings. The monoisotopic (exact) mass is 168 g/mol. The summed E-state index contributed by atoms with van der Waals surface area (Å²) in [4.78, 5) is 0. The highest BCUT2D eigenvalue weighted by Gasteiger charge is 2.09. The van der Waals surface area contributed by atoms with Gasteiger partial charge in [-0.1, -0.05) is 18.7 Å². The second kappa shape index (κ2) is 4.29. The van der Waals surface area contributed by atoms with Crippen LogP contribution in [-0.2, 0) is 4.74 Å². The van der Waals surface area contributed by atoms with Crippen LogP contribution in [0.2, 0.25) is 0 Å². The van der Waals surface area contributed by atoms with E-state index in [-0.39, 0.29) is 0 Å². The molecule has 0 N–H and O–H groups in total. The molecule has 0 atom stereocenters. The summed E-state index contributed by atoms with van der Waals surface area (Å²) in [6.45, 7) is 4.08. The fourth-order valence-corrected chi connectivity index (χ4v) is 1.34. The maximum absolute atomic E-state index is 5.22. The highest BCUT2D eigenvalue weighted by Crippen LogP contribution is 2.19. The molecule has 0 bridgehead atoms. The van der Waals surface area contributed by atoms with Gasteiger partial charge in [0.15, 0.2) is 5.05 Å². The molecule has 11 heavy (non-hydrogen) atoms. The molecule has 0 fully saturated rings. The fraction of sp³-hybridized carbons (Fsp3) is 0.444. The minimum Gasteiger partial charge on any atom is -0.479 e. The number of ether oxygens (including phenoxy) is 1. The Morgan fingerprint density at radius 2 is 2.64 bits per heavy atom. The molecular weight excluding hydrogens is 156 g/mol. The molecule has 2 heteroatoms. The Labute approximate surface area is 72.7 Å². The lowest BCUT2D eigenvalue weighted by Gasteiger charge is -2.04. The Morgan fingerprint density at radius 3 is 3.18 bits per heavy atom. The van der Waals surface area contributed by atoms with Crippen molar-refractivity contribution < 1.29 is 4.74 Å². The Balaban J connectivity index is 2.34. The summed E-state index contributed by atoms with van der Waals surface area (Å²) in [5, 5.41) is 0.655. The Morgan fingerprint density at radius 1 is 1.82 bits per heavy atom. The highest BCUT2D eigenvalue weighted by molar-refractivity contribution is 7.80. The van der Waals surface area contributed by atoms with Crippen molar-refractivity contribution in [2.24, 2.45) is 0 Å². The lowest BCUT2D eigenvalue weighted by Crippen LogP contribution is -2.03. The van der Waals surface area contributed by atoms with Gasteiger partial charge in [0.25, 0.3) is 0 Å².